The summed E-state index contributed by atoms with van der Waals surface area (Å²) in [5, 5.41) is 12.8. The van der Waals surface area contributed by atoms with Gasteiger partial charge in [0.05, 0.1) is 11.6 Å². The van der Waals surface area contributed by atoms with Crippen molar-refractivity contribution in [3.63, 3.8) is 0 Å². The van der Waals surface area contributed by atoms with E-state index in [1.165, 1.54) is 22.8 Å². The van der Waals surface area contributed by atoms with E-state index in [9.17, 15) is 10.1 Å². The number of aryl methyl sites for hydroxylation is 1. The van der Waals surface area contributed by atoms with Crippen molar-refractivity contribution in [1.29, 1.82) is 5.26 Å². The van der Waals surface area contributed by atoms with Crippen molar-refractivity contribution in [2.24, 2.45) is 0 Å². The number of hydrogen-bond donors (Lipinski definition) is 2. The van der Waals surface area contributed by atoms with Gasteiger partial charge in [0.15, 0.2) is 0 Å². The summed E-state index contributed by atoms with van der Waals surface area (Å²) >= 11 is 0. The molecule has 0 spiro atoms. The van der Waals surface area contributed by atoms with Crippen LogP contribution in [-0.4, -0.2) is 59.0 Å². The number of aromatic nitrogens is 3. The van der Waals surface area contributed by atoms with Crippen LogP contribution in [0, 0.1) is 11.3 Å². The number of benzene rings is 2. The van der Waals surface area contributed by atoms with Gasteiger partial charge in [0.1, 0.15) is 11.6 Å². The summed E-state index contributed by atoms with van der Waals surface area (Å²) in [7, 11) is 0. The normalized spacial score (nSPS) is 13.9. The molecule has 1 fully saturated rings. The molecule has 0 saturated carbocycles. The van der Waals surface area contributed by atoms with Crippen molar-refractivity contribution in [3.8, 4) is 17.8 Å². The van der Waals surface area contributed by atoms with E-state index < -0.39 is 0 Å². The maximum atomic E-state index is 10.6. The van der Waals surface area contributed by atoms with E-state index in [0.717, 1.165) is 57.5 Å². The highest BCUT2D eigenvalue weighted by Gasteiger charge is 2.17. The first-order valence-electron chi connectivity index (χ1n) is 12.5. The fourth-order valence-corrected chi connectivity index (χ4v) is 4.70. The number of fused-ring (bicyclic) bond motifs is 1. The summed E-state index contributed by atoms with van der Waals surface area (Å²) in [5.41, 5.74) is 4.27. The first kappa shape index (κ1) is 24.3. The van der Waals surface area contributed by atoms with Crippen LogP contribution in [-0.2, 0) is 11.2 Å². The monoisotopic (exact) mass is 495 g/mol. The van der Waals surface area contributed by atoms with Crippen molar-refractivity contribution < 1.29 is 9.53 Å². The molecule has 0 atom stereocenters. The number of nitrogens with one attached hydrogen (secondary N) is 2. The molecule has 3 heterocycles. The van der Waals surface area contributed by atoms with E-state index in [2.05, 4.69) is 54.5 Å². The van der Waals surface area contributed by atoms with E-state index in [-0.39, 0.29) is 6.01 Å². The molecule has 0 radical (unpaired) electrons. The summed E-state index contributed by atoms with van der Waals surface area (Å²) in [6.45, 7) is 5.16. The summed E-state index contributed by atoms with van der Waals surface area (Å²) < 4.78 is 5.72. The maximum absolute atomic E-state index is 10.6. The van der Waals surface area contributed by atoms with Gasteiger partial charge in [-0.1, -0.05) is 0 Å². The Morgan fingerprint density at radius 3 is 2.70 bits per heavy atom. The number of unbranched alkanes of at least 4 members (excludes halogenated alkanes) is 1. The van der Waals surface area contributed by atoms with E-state index >= 15 is 0 Å². The Balaban J connectivity index is 1.05. The average Bonchev–Trinajstić information content (AvgIpc) is 3.34. The molecule has 2 aromatic heterocycles. The summed E-state index contributed by atoms with van der Waals surface area (Å²) in [5.74, 6) is 1.03. The molecule has 9 nitrogen and oxygen atoms in total. The number of piperazine rings is 1. The number of aromatic amines is 1. The lowest BCUT2D eigenvalue weighted by Crippen LogP contribution is -2.46. The Labute approximate surface area is 215 Å². The van der Waals surface area contributed by atoms with Gasteiger partial charge in [-0.05, 0) is 79.9 Å². The molecule has 188 valence electrons. The van der Waals surface area contributed by atoms with Crippen LogP contribution >= 0.6 is 0 Å². The molecule has 0 unspecified atom stereocenters. The fourth-order valence-electron chi connectivity index (χ4n) is 4.70. The van der Waals surface area contributed by atoms with Crippen molar-refractivity contribution in [2.75, 3.05) is 42.9 Å². The number of nitriles is 1. The van der Waals surface area contributed by atoms with Gasteiger partial charge in [0.2, 0.25) is 6.41 Å². The van der Waals surface area contributed by atoms with E-state index in [4.69, 9.17) is 4.74 Å². The van der Waals surface area contributed by atoms with Crippen LogP contribution in [0.5, 0.6) is 11.8 Å². The largest absolute Gasteiger partial charge is 0.424 e. The predicted molar refractivity (Wildman–Crippen MR) is 143 cm³/mol. The van der Waals surface area contributed by atoms with Crippen LogP contribution in [0.3, 0.4) is 0 Å². The SMILES string of the molecule is N#Cc1ccc2[nH]cc(CCCCN3CCN(c4ccc(Oc5nccc(NC=O)n5)cc4)CC3)c2c1. The second-order valence-electron chi connectivity index (χ2n) is 9.05. The van der Waals surface area contributed by atoms with Gasteiger partial charge in [-0.3, -0.25) is 9.69 Å². The molecule has 2 aromatic carbocycles. The van der Waals surface area contributed by atoms with Crippen LogP contribution in [0.2, 0.25) is 0 Å². The van der Waals surface area contributed by atoms with Crippen molar-refractivity contribution in [3.05, 3.63) is 72.1 Å². The Morgan fingerprint density at radius 1 is 1.08 bits per heavy atom. The van der Waals surface area contributed by atoms with Crippen molar-refractivity contribution >= 4 is 28.8 Å². The molecular weight excluding hydrogens is 466 g/mol. The highest BCUT2D eigenvalue weighted by Crippen LogP contribution is 2.24. The number of nitrogens with zero attached hydrogens (tertiary/aromatic N) is 5. The zero-order valence-electron chi connectivity index (χ0n) is 20.6. The molecule has 4 aromatic rings. The predicted octanol–water partition coefficient (Wildman–Crippen LogP) is 4.34. The second kappa shape index (κ2) is 11.5. The van der Waals surface area contributed by atoms with Crippen LogP contribution in [0.15, 0.2) is 60.9 Å². The first-order chi connectivity index (χ1) is 18.2. The number of carbonyl (C=O) groups is 1. The fraction of sp³-hybridized carbons (Fsp3) is 0.286. The molecule has 1 aliphatic rings. The van der Waals surface area contributed by atoms with Gasteiger partial charge in [-0.2, -0.15) is 10.2 Å². The van der Waals surface area contributed by atoms with Gasteiger partial charge in [0.25, 0.3) is 0 Å². The highest BCUT2D eigenvalue weighted by molar-refractivity contribution is 5.84. The Bertz CT molecular complexity index is 1390. The molecular formula is C28H29N7O2. The number of hydrogen-bond acceptors (Lipinski definition) is 7. The number of rotatable bonds is 10. The molecule has 1 saturated heterocycles. The molecule has 1 amide bonds. The topological polar surface area (TPSA) is 110 Å². The number of H-pyrrole nitrogens is 1. The number of ether oxygens (including phenoxy) is 1. The minimum Gasteiger partial charge on any atom is -0.424 e. The highest BCUT2D eigenvalue weighted by atomic mass is 16.5. The van der Waals surface area contributed by atoms with Crippen LogP contribution in [0.25, 0.3) is 10.9 Å². The van der Waals surface area contributed by atoms with Crippen molar-refractivity contribution in [1.82, 2.24) is 19.9 Å². The molecule has 37 heavy (non-hydrogen) atoms. The van der Waals surface area contributed by atoms with E-state index in [1.807, 2.05) is 30.3 Å². The first-order valence-corrected chi connectivity index (χ1v) is 12.5. The molecule has 5 rings (SSSR count). The zero-order valence-corrected chi connectivity index (χ0v) is 20.6. The third-order valence-electron chi connectivity index (χ3n) is 6.69. The lowest BCUT2D eigenvalue weighted by Gasteiger charge is -2.36. The second-order valence-corrected chi connectivity index (χ2v) is 9.05. The summed E-state index contributed by atoms with van der Waals surface area (Å²) in [4.78, 5) is 27.1. The van der Waals surface area contributed by atoms with Gasteiger partial charge in [0, 0.05) is 55.2 Å². The zero-order chi connectivity index (χ0) is 25.5. The average molecular weight is 496 g/mol. The Kier molecular flexibility index (Phi) is 7.58. The van der Waals surface area contributed by atoms with E-state index in [0.29, 0.717) is 23.5 Å². The smallest absolute Gasteiger partial charge is 0.323 e. The summed E-state index contributed by atoms with van der Waals surface area (Å²) in [6.07, 6.45) is 7.49. The summed E-state index contributed by atoms with van der Waals surface area (Å²) in [6, 6.07) is 17.8. The molecule has 9 heteroatoms. The quantitative estimate of drug-likeness (QED) is 0.249. The lowest BCUT2D eigenvalue weighted by molar-refractivity contribution is -0.105. The standard InChI is InChI=1S/C28H29N7O2/c29-18-21-4-9-26-25(17-21)22(19-31-26)3-1-2-12-34-13-15-35(16-14-34)23-5-7-24(8-6-23)37-28-30-11-10-27(33-28)32-20-36/h4-11,17,19-20,31H,1-3,12-16H2,(H,30,32,33,36). The molecule has 0 aliphatic carbocycles. The Morgan fingerprint density at radius 2 is 1.92 bits per heavy atom. The maximum Gasteiger partial charge on any atom is 0.323 e. The minimum absolute atomic E-state index is 0.185. The number of anilines is 2. The molecule has 1 aliphatic heterocycles. The van der Waals surface area contributed by atoms with Crippen LogP contribution in [0.4, 0.5) is 11.5 Å². The van der Waals surface area contributed by atoms with Gasteiger partial charge < -0.3 is 19.9 Å². The minimum atomic E-state index is 0.185. The van der Waals surface area contributed by atoms with Crippen LogP contribution < -0.4 is 15.0 Å². The third-order valence-corrected chi connectivity index (χ3v) is 6.69. The van der Waals surface area contributed by atoms with Gasteiger partial charge >= 0.3 is 6.01 Å². The van der Waals surface area contributed by atoms with Crippen molar-refractivity contribution in [2.45, 2.75) is 19.3 Å². The van der Waals surface area contributed by atoms with Gasteiger partial charge in [-0.25, -0.2) is 4.98 Å². The third kappa shape index (κ3) is 6.05. The lowest BCUT2D eigenvalue weighted by atomic mass is 10.1. The molecule has 0 bridgehead atoms. The van der Waals surface area contributed by atoms with E-state index in [1.54, 1.807) is 6.07 Å². The number of amides is 1. The Hall–Kier alpha value is -4.42. The van der Waals surface area contributed by atoms with Crippen LogP contribution in [0.1, 0.15) is 24.0 Å². The number of carbonyl (C=O) groups excluding carboxylic acids is 1. The van der Waals surface area contributed by atoms with Gasteiger partial charge in [-0.15, -0.1) is 0 Å². The molecule has 2 N–H and O–H groups in total.